The molecule has 0 aromatic heterocycles. The number of hydrogen-bond donors (Lipinski definition) is 3. The minimum Gasteiger partial charge on any atom is -0.456 e. The highest BCUT2D eigenvalue weighted by molar-refractivity contribution is 6.30. The van der Waals surface area contributed by atoms with Gasteiger partial charge in [-0.05, 0) is 42.5 Å². The van der Waals surface area contributed by atoms with Crippen molar-refractivity contribution in [2.45, 2.75) is 19.8 Å². The minimum atomic E-state index is -0.664. The van der Waals surface area contributed by atoms with Crippen molar-refractivity contribution in [3.63, 3.8) is 0 Å². The van der Waals surface area contributed by atoms with E-state index in [4.69, 9.17) is 16.3 Å². The lowest BCUT2D eigenvalue weighted by Crippen LogP contribution is -2.21. The van der Waals surface area contributed by atoms with Crippen LogP contribution in [-0.4, -0.2) is 30.3 Å². The Bertz CT molecular complexity index is 899. The van der Waals surface area contributed by atoms with Gasteiger partial charge in [0.25, 0.3) is 5.91 Å². The number of carbonyl (C=O) groups excluding carboxylic acids is 4. The number of carbonyl (C=O) groups is 4. The van der Waals surface area contributed by atoms with Gasteiger partial charge in [-0.25, -0.2) is 0 Å². The van der Waals surface area contributed by atoms with Crippen LogP contribution in [0.1, 0.15) is 19.8 Å². The molecule has 9 heteroatoms. The number of amides is 3. The van der Waals surface area contributed by atoms with Crippen LogP contribution in [-0.2, 0) is 23.9 Å². The lowest BCUT2D eigenvalue weighted by atomic mass is 10.2. The van der Waals surface area contributed by atoms with E-state index in [1.807, 2.05) is 0 Å². The number of rotatable bonds is 8. The summed E-state index contributed by atoms with van der Waals surface area (Å²) < 4.78 is 4.86. The van der Waals surface area contributed by atoms with E-state index in [0.29, 0.717) is 22.1 Å². The Labute approximate surface area is 172 Å². The Kier molecular flexibility index (Phi) is 8.17. The molecule has 0 radical (unpaired) electrons. The summed E-state index contributed by atoms with van der Waals surface area (Å²) in [7, 11) is 0. The van der Waals surface area contributed by atoms with E-state index in [9.17, 15) is 19.2 Å². The van der Waals surface area contributed by atoms with Crippen LogP contribution >= 0.6 is 11.6 Å². The fraction of sp³-hybridized carbons (Fsp3) is 0.200. The molecular formula is C20H20ClN3O5. The van der Waals surface area contributed by atoms with Gasteiger partial charge in [-0.2, -0.15) is 0 Å². The van der Waals surface area contributed by atoms with Gasteiger partial charge in [0, 0.05) is 35.4 Å². The van der Waals surface area contributed by atoms with Crippen LogP contribution in [0.2, 0.25) is 5.02 Å². The highest BCUT2D eigenvalue weighted by Gasteiger charge is 2.11. The molecule has 0 saturated carbocycles. The van der Waals surface area contributed by atoms with Gasteiger partial charge in [0.15, 0.2) is 6.61 Å². The summed E-state index contributed by atoms with van der Waals surface area (Å²) in [6, 6.07) is 13.1. The standard InChI is InChI=1S/C20H20ClN3O5/c1-13(25)22-15-5-7-16(8-6-15)23-18(26)9-10-20(28)29-12-19(27)24-17-4-2-3-14(21)11-17/h2-8,11H,9-10,12H2,1H3,(H,22,25)(H,23,26)(H,24,27). The zero-order chi connectivity index (χ0) is 21.2. The summed E-state index contributed by atoms with van der Waals surface area (Å²) in [6.07, 6.45) is -0.261. The molecular weight excluding hydrogens is 398 g/mol. The van der Waals surface area contributed by atoms with Gasteiger partial charge in [-0.1, -0.05) is 17.7 Å². The first-order valence-corrected chi connectivity index (χ1v) is 9.08. The molecule has 2 aromatic carbocycles. The highest BCUT2D eigenvalue weighted by atomic mass is 35.5. The largest absolute Gasteiger partial charge is 0.456 e. The van der Waals surface area contributed by atoms with Gasteiger partial charge >= 0.3 is 5.97 Å². The number of hydrogen-bond acceptors (Lipinski definition) is 5. The third-order valence-corrected chi connectivity index (χ3v) is 3.75. The molecule has 2 rings (SSSR count). The summed E-state index contributed by atoms with van der Waals surface area (Å²) in [4.78, 5) is 46.4. The lowest BCUT2D eigenvalue weighted by molar-refractivity contribution is -0.147. The van der Waals surface area contributed by atoms with Crippen molar-refractivity contribution in [3.8, 4) is 0 Å². The maximum Gasteiger partial charge on any atom is 0.306 e. The molecule has 2 aromatic rings. The summed E-state index contributed by atoms with van der Waals surface area (Å²) in [5, 5.41) is 8.26. The molecule has 0 saturated heterocycles. The molecule has 0 aliphatic heterocycles. The van der Waals surface area contributed by atoms with Crippen LogP contribution in [0.15, 0.2) is 48.5 Å². The number of ether oxygens (including phenoxy) is 1. The second kappa shape index (κ2) is 10.8. The summed E-state index contributed by atoms with van der Waals surface area (Å²) in [5.41, 5.74) is 1.62. The van der Waals surface area contributed by atoms with Crippen molar-refractivity contribution < 1.29 is 23.9 Å². The van der Waals surface area contributed by atoms with E-state index < -0.39 is 18.5 Å². The topological polar surface area (TPSA) is 114 Å². The molecule has 0 unspecified atom stereocenters. The first-order chi connectivity index (χ1) is 13.8. The van der Waals surface area contributed by atoms with Gasteiger partial charge in [-0.15, -0.1) is 0 Å². The smallest absolute Gasteiger partial charge is 0.306 e. The van der Waals surface area contributed by atoms with Crippen molar-refractivity contribution in [2.75, 3.05) is 22.6 Å². The molecule has 0 aliphatic rings. The van der Waals surface area contributed by atoms with E-state index in [1.54, 1.807) is 48.5 Å². The van der Waals surface area contributed by atoms with Crippen LogP contribution in [0.3, 0.4) is 0 Å². The number of anilines is 3. The van der Waals surface area contributed by atoms with E-state index in [2.05, 4.69) is 16.0 Å². The zero-order valence-electron chi connectivity index (χ0n) is 15.7. The molecule has 3 amide bonds. The number of halogens is 1. The van der Waals surface area contributed by atoms with Crippen molar-refractivity contribution in [1.29, 1.82) is 0 Å². The molecule has 29 heavy (non-hydrogen) atoms. The van der Waals surface area contributed by atoms with Crippen LogP contribution in [0.4, 0.5) is 17.1 Å². The Morgan fingerprint density at radius 2 is 1.45 bits per heavy atom. The second-order valence-electron chi connectivity index (χ2n) is 6.03. The average Bonchev–Trinajstić information content (AvgIpc) is 2.66. The highest BCUT2D eigenvalue weighted by Crippen LogP contribution is 2.15. The van der Waals surface area contributed by atoms with Crippen LogP contribution in [0.5, 0.6) is 0 Å². The molecule has 0 fully saturated rings. The molecule has 0 heterocycles. The van der Waals surface area contributed by atoms with Gasteiger partial charge in [-0.3, -0.25) is 19.2 Å². The molecule has 0 atom stereocenters. The fourth-order valence-electron chi connectivity index (χ4n) is 2.26. The Hall–Kier alpha value is -3.39. The van der Waals surface area contributed by atoms with E-state index >= 15 is 0 Å². The van der Waals surface area contributed by atoms with Gasteiger partial charge in [0.05, 0.1) is 6.42 Å². The molecule has 8 nitrogen and oxygen atoms in total. The molecule has 0 aliphatic carbocycles. The summed E-state index contributed by atoms with van der Waals surface area (Å²) in [5.74, 6) is -1.74. The number of esters is 1. The van der Waals surface area contributed by atoms with E-state index in [1.165, 1.54) is 6.92 Å². The number of benzene rings is 2. The quantitative estimate of drug-likeness (QED) is 0.571. The minimum absolute atomic E-state index is 0.0950. The predicted molar refractivity (Wildman–Crippen MR) is 110 cm³/mol. The van der Waals surface area contributed by atoms with Crippen molar-refractivity contribution >= 4 is 52.4 Å². The molecule has 152 valence electrons. The third-order valence-electron chi connectivity index (χ3n) is 3.52. The summed E-state index contributed by atoms with van der Waals surface area (Å²) in [6.45, 7) is 0.938. The fourth-order valence-corrected chi connectivity index (χ4v) is 2.45. The Morgan fingerprint density at radius 3 is 2.07 bits per heavy atom. The normalized spacial score (nSPS) is 10.0. The Morgan fingerprint density at radius 1 is 0.828 bits per heavy atom. The first kappa shape index (κ1) is 21.9. The first-order valence-electron chi connectivity index (χ1n) is 8.70. The zero-order valence-corrected chi connectivity index (χ0v) is 16.4. The monoisotopic (exact) mass is 417 g/mol. The number of nitrogens with one attached hydrogen (secondary N) is 3. The van der Waals surface area contributed by atoms with E-state index in [0.717, 1.165) is 0 Å². The lowest BCUT2D eigenvalue weighted by Gasteiger charge is -2.08. The van der Waals surface area contributed by atoms with Crippen LogP contribution in [0, 0.1) is 0 Å². The maximum absolute atomic E-state index is 11.9. The average molecular weight is 418 g/mol. The molecule has 0 bridgehead atoms. The molecule has 3 N–H and O–H groups in total. The SMILES string of the molecule is CC(=O)Nc1ccc(NC(=O)CCC(=O)OCC(=O)Nc2cccc(Cl)c2)cc1. The maximum atomic E-state index is 11.9. The van der Waals surface area contributed by atoms with Crippen LogP contribution < -0.4 is 16.0 Å². The van der Waals surface area contributed by atoms with Gasteiger partial charge < -0.3 is 20.7 Å². The van der Waals surface area contributed by atoms with Gasteiger partial charge in [0.1, 0.15) is 0 Å². The molecule has 0 spiro atoms. The summed E-state index contributed by atoms with van der Waals surface area (Å²) >= 11 is 5.82. The van der Waals surface area contributed by atoms with Crippen molar-refractivity contribution in [3.05, 3.63) is 53.6 Å². The van der Waals surface area contributed by atoms with Crippen LogP contribution in [0.25, 0.3) is 0 Å². The third kappa shape index (κ3) is 8.44. The van der Waals surface area contributed by atoms with Crippen molar-refractivity contribution in [1.82, 2.24) is 0 Å². The second-order valence-corrected chi connectivity index (χ2v) is 6.46. The van der Waals surface area contributed by atoms with Gasteiger partial charge in [0.2, 0.25) is 11.8 Å². The van der Waals surface area contributed by atoms with Crippen molar-refractivity contribution in [2.24, 2.45) is 0 Å². The predicted octanol–water partition coefficient (Wildman–Crippen LogP) is 3.20. The van der Waals surface area contributed by atoms with E-state index in [-0.39, 0.29) is 24.7 Å². The Balaban J connectivity index is 1.68.